The second kappa shape index (κ2) is 5.27. The third-order valence-corrected chi connectivity index (χ3v) is 3.92. The molecule has 0 radical (unpaired) electrons. The van der Waals surface area contributed by atoms with Crippen LogP contribution < -0.4 is 15.8 Å². The van der Waals surface area contributed by atoms with Crippen LogP contribution in [0.5, 0.6) is 0 Å². The van der Waals surface area contributed by atoms with Gasteiger partial charge >= 0.3 is 0 Å². The first-order valence-corrected chi connectivity index (χ1v) is 7.29. The molecule has 0 bridgehead atoms. The minimum Gasteiger partial charge on any atom is -0.368 e. The maximum atomic E-state index is 12.4. The third kappa shape index (κ3) is 2.25. The predicted octanol–water partition coefficient (Wildman–Crippen LogP) is 0.494. The molecule has 1 fully saturated rings. The monoisotopic (exact) mass is 296 g/mol. The van der Waals surface area contributed by atoms with Gasteiger partial charge in [0.2, 0.25) is 0 Å². The van der Waals surface area contributed by atoms with Crippen LogP contribution in [0.3, 0.4) is 0 Å². The van der Waals surface area contributed by atoms with Crippen molar-refractivity contribution >= 4 is 11.3 Å². The van der Waals surface area contributed by atoms with Gasteiger partial charge in [0.1, 0.15) is 5.65 Å². The summed E-state index contributed by atoms with van der Waals surface area (Å²) in [4.78, 5) is 19.2. The molecule has 7 nitrogen and oxygen atoms in total. The Kier molecular flexibility index (Phi) is 3.12. The quantitative estimate of drug-likeness (QED) is 0.720. The van der Waals surface area contributed by atoms with Gasteiger partial charge in [0, 0.05) is 50.2 Å². The first kappa shape index (κ1) is 13.0. The molecule has 0 aliphatic carbocycles. The Balaban J connectivity index is 1.79. The number of rotatable bonds is 2. The van der Waals surface area contributed by atoms with Crippen molar-refractivity contribution in [1.82, 2.24) is 24.9 Å². The van der Waals surface area contributed by atoms with E-state index in [0.717, 1.165) is 37.4 Å². The molecule has 2 N–H and O–H groups in total. The second-order valence-electron chi connectivity index (χ2n) is 5.32. The number of hydrogen-bond donors (Lipinski definition) is 2. The zero-order valence-corrected chi connectivity index (χ0v) is 12.0. The van der Waals surface area contributed by atoms with Crippen molar-refractivity contribution in [3.05, 3.63) is 47.1 Å². The Labute approximate surface area is 126 Å². The maximum Gasteiger partial charge on any atom is 0.258 e. The highest BCUT2D eigenvalue weighted by Crippen LogP contribution is 2.17. The molecule has 1 aliphatic rings. The molecule has 3 aromatic rings. The molecule has 7 heteroatoms. The van der Waals surface area contributed by atoms with Crippen molar-refractivity contribution in [1.29, 1.82) is 0 Å². The van der Waals surface area contributed by atoms with Crippen molar-refractivity contribution < 1.29 is 0 Å². The number of pyridine rings is 1. The minimum absolute atomic E-state index is 0.0850. The van der Waals surface area contributed by atoms with Crippen LogP contribution in [0.25, 0.3) is 16.9 Å². The number of fused-ring (bicyclic) bond motifs is 1. The fourth-order valence-corrected chi connectivity index (χ4v) is 2.74. The molecule has 22 heavy (non-hydrogen) atoms. The summed E-state index contributed by atoms with van der Waals surface area (Å²) in [6.07, 6.45) is 5.26. The van der Waals surface area contributed by atoms with E-state index in [9.17, 15) is 4.79 Å². The minimum atomic E-state index is -0.0850. The van der Waals surface area contributed by atoms with Crippen LogP contribution in [0.2, 0.25) is 0 Å². The lowest BCUT2D eigenvalue weighted by atomic mass is 10.2. The van der Waals surface area contributed by atoms with Gasteiger partial charge in [-0.15, -0.1) is 0 Å². The molecule has 4 heterocycles. The summed E-state index contributed by atoms with van der Waals surface area (Å²) in [5, 5.41) is 9.96. The van der Waals surface area contributed by atoms with Crippen molar-refractivity contribution in [3.63, 3.8) is 0 Å². The molecule has 1 saturated heterocycles. The van der Waals surface area contributed by atoms with Gasteiger partial charge in [-0.3, -0.25) is 14.3 Å². The lowest BCUT2D eigenvalue weighted by Crippen LogP contribution is -2.43. The predicted molar refractivity (Wildman–Crippen MR) is 84.1 cm³/mol. The molecule has 0 aromatic carbocycles. The van der Waals surface area contributed by atoms with E-state index in [1.807, 2.05) is 18.3 Å². The molecule has 4 rings (SSSR count). The van der Waals surface area contributed by atoms with Gasteiger partial charge in [-0.05, 0) is 12.1 Å². The number of aromatic amines is 1. The molecule has 112 valence electrons. The highest BCUT2D eigenvalue weighted by Gasteiger charge is 2.12. The highest BCUT2D eigenvalue weighted by atomic mass is 16.1. The number of nitrogens with one attached hydrogen (secondary N) is 2. The van der Waals surface area contributed by atoms with Crippen LogP contribution in [-0.2, 0) is 0 Å². The van der Waals surface area contributed by atoms with Gasteiger partial charge in [-0.25, -0.2) is 4.98 Å². The van der Waals surface area contributed by atoms with E-state index < -0.39 is 0 Å². The van der Waals surface area contributed by atoms with Crippen LogP contribution >= 0.6 is 0 Å². The number of piperazine rings is 1. The van der Waals surface area contributed by atoms with Gasteiger partial charge < -0.3 is 10.2 Å². The lowest BCUT2D eigenvalue weighted by Gasteiger charge is -2.29. The Bertz CT molecular complexity index is 848. The van der Waals surface area contributed by atoms with Crippen LogP contribution in [0.15, 0.2) is 41.6 Å². The zero-order valence-electron chi connectivity index (χ0n) is 12.0. The first-order valence-electron chi connectivity index (χ1n) is 7.29. The summed E-state index contributed by atoms with van der Waals surface area (Å²) in [5.41, 5.74) is 3.05. The number of aromatic nitrogens is 4. The van der Waals surface area contributed by atoms with Gasteiger partial charge in [0.15, 0.2) is 0 Å². The van der Waals surface area contributed by atoms with Gasteiger partial charge in [-0.1, -0.05) is 0 Å². The normalized spacial score (nSPS) is 15.4. The van der Waals surface area contributed by atoms with E-state index in [2.05, 4.69) is 25.4 Å². The summed E-state index contributed by atoms with van der Waals surface area (Å²) in [6, 6.07) is 5.45. The number of anilines is 1. The summed E-state index contributed by atoms with van der Waals surface area (Å²) < 4.78 is 1.60. The molecule has 0 atom stereocenters. The van der Waals surface area contributed by atoms with Crippen LogP contribution in [0.4, 0.5) is 5.69 Å². The Morgan fingerprint density at radius 2 is 2.05 bits per heavy atom. The summed E-state index contributed by atoms with van der Waals surface area (Å²) in [5.74, 6) is 0. The molecule has 3 aromatic heterocycles. The number of H-pyrrole nitrogens is 1. The van der Waals surface area contributed by atoms with Gasteiger partial charge in [0.05, 0.1) is 17.6 Å². The molecular weight excluding hydrogens is 280 g/mol. The SMILES string of the molecule is O=c1cc(-c2cn[nH]c2)nc2ccc(N3CCNCC3)cn12. The number of nitrogens with zero attached hydrogens (tertiary/aromatic N) is 4. The van der Waals surface area contributed by atoms with E-state index in [1.165, 1.54) is 0 Å². The summed E-state index contributed by atoms with van der Waals surface area (Å²) in [6.45, 7) is 3.82. The van der Waals surface area contributed by atoms with E-state index >= 15 is 0 Å². The molecular formula is C15H16N6O. The molecule has 1 aliphatic heterocycles. The molecule has 0 spiro atoms. The highest BCUT2D eigenvalue weighted by molar-refractivity contribution is 5.61. The van der Waals surface area contributed by atoms with E-state index in [4.69, 9.17) is 0 Å². The van der Waals surface area contributed by atoms with Gasteiger partial charge in [-0.2, -0.15) is 5.10 Å². The summed E-state index contributed by atoms with van der Waals surface area (Å²) in [7, 11) is 0. The first-order chi connectivity index (χ1) is 10.8. The number of hydrogen-bond acceptors (Lipinski definition) is 5. The average Bonchev–Trinajstić information content (AvgIpc) is 3.10. The Morgan fingerprint density at radius 3 is 2.82 bits per heavy atom. The standard InChI is InChI=1S/C15H16N6O/c22-15-7-13(11-8-17-18-9-11)19-14-2-1-12(10-21(14)15)20-5-3-16-4-6-20/h1-2,7-10,16H,3-6H2,(H,17,18). The van der Waals surface area contributed by atoms with Crippen LogP contribution in [0.1, 0.15) is 0 Å². The molecule has 0 amide bonds. The van der Waals surface area contributed by atoms with Crippen molar-refractivity contribution in [2.24, 2.45) is 0 Å². The fraction of sp³-hybridized carbons (Fsp3) is 0.267. The van der Waals surface area contributed by atoms with Crippen molar-refractivity contribution in [2.75, 3.05) is 31.1 Å². The van der Waals surface area contributed by atoms with Crippen molar-refractivity contribution in [3.8, 4) is 11.3 Å². The Hall–Kier alpha value is -2.67. The van der Waals surface area contributed by atoms with E-state index in [1.54, 1.807) is 22.9 Å². The zero-order chi connectivity index (χ0) is 14.9. The average molecular weight is 296 g/mol. The molecule has 0 unspecified atom stereocenters. The third-order valence-electron chi connectivity index (χ3n) is 3.92. The van der Waals surface area contributed by atoms with Gasteiger partial charge in [0.25, 0.3) is 5.56 Å². The van der Waals surface area contributed by atoms with Crippen molar-refractivity contribution in [2.45, 2.75) is 0 Å². The topological polar surface area (TPSA) is 78.3 Å². The van der Waals surface area contributed by atoms with Crippen LogP contribution in [0, 0.1) is 0 Å². The fourth-order valence-electron chi connectivity index (χ4n) is 2.74. The Morgan fingerprint density at radius 1 is 1.18 bits per heavy atom. The van der Waals surface area contributed by atoms with E-state index in [-0.39, 0.29) is 5.56 Å². The second-order valence-corrected chi connectivity index (χ2v) is 5.32. The maximum absolute atomic E-state index is 12.4. The largest absolute Gasteiger partial charge is 0.368 e. The smallest absolute Gasteiger partial charge is 0.258 e. The van der Waals surface area contributed by atoms with E-state index in [0.29, 0.717) is 11.3 Å². The molecule has 0 saturated carbocycles. The van der Waals surface area contributed by atoms with Crippen LogP contribution in [-0.4, -0.2) is 45.8 Å². The summed E-state index contributed by atoms with van der Waals surface area (Å²) >= 11 is 0. The lowest BCUT2D eigenvalue weighted by molar-refractivity contribution is 0.588.